The van der Waals surface area contributed by atoms with E-state index >= 15 is 0 Å². The molecule has 0 fully saturated rings. The standard InChI is InChI=1S/C10H13FO2/c11-10-6-8(1-3-12)5-9(7-10)2-4-13/h5-7,12-13H,1-4H2. The lowest BCUT2D eigenvalue weighted by Crippen LogP contribution is -1.96. The average molecular weight is 184 g/mol. The Morgan fingerprint density at radius 3 is 1.77 bits per heavy atom. The van der Waals surface area contributed by atoms with Crippen molar-refractivity contribution in [2.75, 3.05) is 13.2 Å². The molecular weight excluding hydrogens is 171 g/mol. The maximum atomic E-state index is 12.9. The van der Waals surface area contributed by atoms with Gasteiger partial charge in [0.15, 0.2) is 0 Å². The lowest BCUT2D eigenvalue weighted by Gasteiger charge is -2.03. The number of hydrogen-bond donors (Lipinski definition) is 2. The first kappa shape index (κ1) is 10.2. The van der Waals surface area contributed by atoms with E-state index in [0.717, 1.165) is 11.1 Å². The maximum Gasteiger partial charge on any atom is 0.123 e. The Bertz CT molecular complexity index is 249. The molecule has 0 atom stereocenters. The third-order valence-electron chi connectivity index (χ3n) is 1.82. The van der Waals surface area contributed by atoms with Gasteiger partial charge in [-0.2, -0.15) is 0 Å². The third-order valence-corrected chi connectivity index (χ3v) is 1.82. The zero-order chi connectivity index (χ0) is 9.68. The SMILES string of the molecule is OCCc1cc(F)cc(CCO)c1. The van der Waals surface area contributed by atoms with Crippen molar-refractivity contribution in [2.45, 2.75) is 12.8 Å². The first-order chi connectivity index (χ1) is 6.26. The van der Waals surface area contributed by atoms with Crippen LogP contribution in [0.2, 0.25) is 0 Å². The van der Waals surface area contributed by atoms with Gasteiger partial charge in [-0.15, -0.1) is 0 Å². The molecule has 0 aliphatic carbocycles. The van der Waals surface area contributed by atoms with Crippen LogP contribution in [0.5, 0.6) is 0 Å². The number of halogens is 1. The van der Waals surface area contributed by atoms with Crippen LogP contribution >= 0.6 is 0 Å². The van der Waals surface area contributed by atoms with Gasteiger partial charge in [0.05, 0.1) is 0 Å². The van der Waals surface area contributed by atoms with Crippen LogP contribution < -0.4 is 0 Å². The van der Waals surface area contributed by atoms with Crippen LogP contribution in [0, 0.1) is 5.82 Å². The molecule has 0 unspecified atom stereocenters. The quantitative estimate of drug-likeness (QED) is 0.729. The van der Waals surface area contributed by atoms with Gasteiger partial charge in [-0.1, -0.05) is 6.07 Å². The number of hydrogen-bond acceptors (Lipinski definition) is 2. The molecule has 1 rings (SSSR count). The summed E-state index contributed by atoms with van der Waals surface area (Å²) in [5.41, 5.74) is 1.54. The minimum Gasteiger partial charge on any atom is -0.396 e. The Kier molecular flexibility index (Phi) is 3.86. The first-order valence-electron chi connectivity index (χ1n) is 4.26. The van der Waals surface area contributed by atoms with Crippen molar-refractivity contribution < 1.29 is 14.6 Å². The summed E-state index contributed by atoms with van der Waals surface area (Å²) in [6, 6.07) is 4.60. The lowest BCUT2D eigenvalue weighted by atomic mass is 10.1. The summed E-state index contributed by atoms with van der Waals surface area (Å²) in [5.74, 6) is -0.311. The van der Waals surface area contributed by atoms with Crippen LogP contribution in [0.15, 0.2) is 18.2 Å². The molecule has 0 saturated heterocycles. The second-order valence-corrected chi connectivity index (χ2v) is 2.91. The molecule has 1 aromatic carbocycles. The molecule has 72 valence electrons. The lowest BCUT2D eigenvalue weighted by molar-refractivity contribution is 0.298. The Labute approximate surface area is 76.6 Å². The first-order valence-corrected chi connectivity index (χ1v) is 4.26. The monoisotopic (exact) mass is 184 g/mol. The van der Waals surface area contributed by atoms with Gasteiger partial charge < -0.3 is 10.2 Å². The molecule has 0 saturated carbocycles. The third kappa shape index (κ3) is 3.13. The summed E-state index contributed by atoms with van der Waals surface area (Å²) in [6.07, 6.45) is 0.909. The smallest absolute Gasteiger partial charge is 0.123 e. The molecule has 0 aliphatic heterocycles. The highest BCUT2D eigenvalue weighted by molar-refractivity contribution is 5.25. The number of rotatable bonds is 4. The Morgan fingerprint density at radius 1 is 0.923 bits per heavy atom. The summed E-state index contributed by atoms with van der Waals surface area (Å²) >= 11 is 0. The summed E-state index contributed by atoms with van der Waals surface area (Å²) in [6.45, 7) is 0.0318. The van der Waals surface area contributed by atoms with E-state index in [-0.39, 0.29) is 19.0 Å². The molecule has 2 nitrogen and oxygen atoms in total. The number of benzene rings is 1. The Balaban J connectivity index is 2.83. The molecular formula is C10H13FO2. The topological polar surface area (TPSA) is 40.5 Å². The van der Waals surface area contributed by atoms with E-state index in [2.05, 4.69) is 0 Å². The summed E-state index contributed by atoms with van der Waals surface area (Å²) < 4.78 is 12.9. The van der Waals surface area contributed by atoms with Gasteiger partial charge in [-0.25, -0.2) is 4.39 Å². The number of aliphatic hydroxyl groups excluding tert-OH is 2. The largest absolute Gasteiger partial charge is 0.396 e. The fourth-order valence-electron chi connectivity index (χ4n) is 1.26. The van der Waals surface area contributed by atoms with Gasteiger partial charge in [0.2, 0.25) is 0 Å². The predicted octanol–water partition coefficient (Wildman–Crippen LogP) is 0.895. The number of aliphatic hydroxyl groups is 2. The molecule has 3 heteroatoms. The van der Waals surface area contributed by atoms with E-state index in [1.54, 1.807) is 6.07 Å². The zero-order valence-electron chi connectivity index (χ0n) is 7.33. The van der Waals surface area contributed by atoms with Gasteiger partial charge >= 0.3 is 0 Å². The van der Waals surface area contributed by atoms with E-state index in [4.69, 9.17) is 10.2 Å². The van der Waals surface area contributed by atoms with E-state index in [1.807, 2.05) is 0 Å². The molecule has 2 N–H and O–H groups in total. The molecule has 1 aromatic rings. The van der Waals surface area contributed by atoms with Crippen molar-refractivity contribution in [2.24, 2.45) is 0 Å². The summed E-state index contributed by atoms with van der Waals surface area (Å²) in [5, 5.41) is 17.3. The van der Waals surface area contributed by atoms with Gasteiger partial charge in [0.1, 0.15) is 5.82 Å². The van der Waals surface area contributed by atoms with Crippen molar-refractivity contribution in [1.29, 1.82) is 0 Å². The fraction of sp³-hybridized carbons (Fsp3) is 0.400. The highest BCUT2D eigenvalue weighted by Gasteiger charge is 2.00. The molecule has 0 aromatic heterocycles. The van der Waals surface area contributed by atoms with Crippen molar-refractivity contribution in [1.82, 2.24) is 0 Å². The highest BCUT2D eigenvalue weighted by Crippen LogP contribution is 2.10. The molecule has 0 radical (unpaired) electrons. The normalized spacial score (nSPS) is 10.4. The second-order valence-electron chi connectivity index (χ2n) is 2.91. The van der Waals surface area contributed by atoms with E-state index < -0.39 is 0 Å². The fourth-order valence-corrected chi connectivity index (χ4v) is 1.26. The molecule has 0 amide bonds. The average Bonchev–Trinajstić information content (AvgIpc) is 2.04. The van der Waals surface area contributed by atoms with Gasteiger partial charge in [0.25, 0.3) is 0 Å². The molecule has 13 heavy (non-hydrogen) atoms. The van der Waals surface area contributed by atoms with Crippen molar-refractivity contribution in [3.63, 3.8) is 0 Å². The van der Waals surface area contributed by atoms with Crippen LogP contribution in [0.25, 0.3) is 0 Å². The predicted molar refractivity (Wildman–Crippen MR) is 48.0 cm³/mol. The van der Waals surface area contributed by atoms with Crippen LogP contribution in [0.1, 0.15) is 11.1 Å². The Morgan fingerprint density at radius 2 is 1.38 bits per heavy atom. The van der Waals surface area contributed by atoms with Crippen LogP contribution in [0.3, 0.4) is 0 Å². The van der Waals surface area contributed by atoms with Crippen LogP contribution in [-0.2, 0) is 12.8 Å². The molecule has 0 spiro atoms. The maximum absolute atomic E-state index is 12.9. The van der Waals surface area contributed by atoms with Gasteiger partial charge in [0, 0.05) is 13.2 Å². The molecule has 0 heterocycles. The molecule has 0 bridgehead atoms. The minimum absolute atomic E-state index is 0.0159. The van der Waals surface area contributed by atoms with Crippen LogP contribution in [0.4, 0.5) is 4.39 Å². The van der Waals surface area contributed by atoms with Crippen molar-refractivity contribution in [3.05, 3.63) is 35.1 Å². The second kappa shape index (κ2) is 4.94. The highest BCUT2D eigenvalue weighted by atomic mass is 19.1. The van der Waals surface area contributed by atoms with Crippen molar-refractivity contribution in [3.8, 4) is 0 Å². The minimum atomic E-state index is -0.311. The van der Waals surface area contributed by atoms with E-state index in [0.29, 0.717) is 12.8 Å². The summed E-state index contributed by atoms with van der Waals surface area (Å²) in [7, 11) is 0. The van der Waals surface area contributed by atoms with E-state index in [9.17, 15) is 4.39 Å². The van der Waals surface area contributed by atoms with Crippen molar-refractivity contribution >= 4 is 0 Å². The van der Waals surface area contributed by atoms with E-state index in [1.165, 1.54) is 12.1 Å². The summed E-state index contributed by atoms with van der Waals surface area (Å²) in [4.78, 5) is 0. The molecule has 0 aliphatic rings. The van der Waals surface area contributed by atoms with Gasteiger partial charge in [-0.05, 0) is 36.1 Å². The van der Waals surface area contributed by atoms with Gasteiger partial charge in [-0.3, -0.25) is 0 Å². The zero-order valence-corrected chi connectivity index (χ0v) is 7.33. The van der Waals surface area contributed by atoms with Crippen LogP contribution in [-0.4, -0.2) is 23.4 Å². The Hall–Kier alpha value is -0.930.